The first kappa shape index (κ1) is 20.6. The van der Waals surface area contributed by atoms with Gasteiger partial charge in [0.25, 0.3) is 0 Å². The third-order valence-corrected chi connectivity index (χ3v) is 5.75. The highest BCUT2D eigenvalue weighted by atomic mass is 32.2. The third kappa shape index (κ3) is 6.48. The summed E-state index contributed by atoms with van der Waals surface area (Å²) in [6.07, 6.45) is 0.328. The maximum Gasteiger partial charge on any atom is 0.232 e. The van der Waals surface area contributed by atoms with Crippen LogP contribution in [0, 0.1) is 11.3 Å². The molecule has 0 fully saturated rings. The number of carbonyl (C=O) groups excluding carboxylic acids is 1. The standard InChI is InChI=1S/C20H19N5O2S2/c1-25(13-5-12-21)18(26)14-28-20-24-23-19(29-20)22-15-8-10-17(11-9-15)27-16-6-3-2-4-7-16/h2-4,6-11H,5,13-14H2,1H3,(H,22,23). The Morgan fingerprint density at radius 3 is 2.62 bits per heavy atom. The molecule has 148 valence electrons. The lowest BCUT2D eigenvalue weighted by molar-refractivity contribution is -0.127. The molecule has 0 aliphatic rings. The molecule has 0 saturated carbocycles. The average Bonchev–Trinajstić information content (AvgIpc) is 3.19. The number of nitriles is 1. The zero-order valence-corrected chi connectivity index (χ0v) is 17.4. The molecule has 3 rings (SSSR count). The lowest BCUT2D eigenvalue weighted by Crippen LogP contribution is -2.29. The highest BCUT2D eigenvalue weighted by Gasteiger charge is 2.12. The van der Waals surface area contributed by atoms with Gasteiger partial charge in [-0.05, 0) is 36.4 Å². The second-order valence-electron chi connectivity index (χ2n) is 5.95. The number of anilines is 2. The van der Waals surface area contributed by atoms with E-state index in [2.05, 4.69) is 15.5 Å². The molecule has 1 amide bonds. The number of amides is 1. The van der Waals surface area contributed by atoms with Crippen LogP contribution in [-0.2, 0) is 4.79 Å². The second kappa shape index (κ2) is 10.5. The first-order valence-electron chi connectivity index (χ1n) is 8.81. The Hall–Kier alpha value is -3.09. The number of benzene rings is 2. The van der Waals surface area contributed by atoms with Gasteiger partial charge in [0, 0.05) is 19.3 Å². The first-order valence-corrected chi connectivity index (χ1v) is 10.6. The quantitative estimate of drug-likeness (QED) is 0.503. The fraction of sp³-hybridized carbons (Fsp3) is 0.200. The van der Waals surface area contributed by atoms with Crippen molar-refractivity contribution in [1.29, 1.82) is 5.26 Å². The van der Waals surface area contributed by atoms with Gasteiger partial charge in [0.2, 0.25) is 11.0 Å². The van der Waals surface area contributed by atoms with Crippen LogP contribution in [0.3, 0.4) is 0 Å². The highest BCUT2D eigenvalue weighted by Crippen LogP contribution is 2.29. The molecule has 0 spiro atoms. The minimum Gasteiger partial charge on any atom is -0.457 e. The Morgan fingerprint density at radius 1 is 1.17 bits per heavy atom. The summed E-state index contributed by atoms with van der Waals surface area (Å²) in [5.74, 6) is 1.76. The summed E-state index contributed by atoms with van der Waals surface area (Å²) in [6.45, 7) is 0.433. The molecular weight excluding hydrogens is 406 g/mol. The van der Waals surface area contributed by atoms with Crippen LogP contribution in [0.15, 0.2) is 58.9 Å². The number of nitrogens with one attached hydrogen (secondary N) is 1. The van der Waals surface area contributed by atoms with E-state index >= 15 is 0 Å². The van der Waals surface area contributed by atoms with Gasteiger partial charge in [0.1, 0.15) is 11.5 Å². The summed E-state index contributed by atoms with van der Waals surface area (Å²) in [5, 5.41) is 20.6. The maximum absolute atomic E-state index is 12.0. The Labute approximate surface area is 177 Å². The van der Waals surface area contributed by atoms with E-state index in [9.17, 15) is 4.79 Å². The summed E-state index contributed by atoms with van der Waals surface area (Å²) in [4.78, 5) is 13.6. The molecule has 0 atom stereocenters. The van der Waals surface area contributed by atoms with E-state index in [0.717, 1.165) is 17.2 Å². The fourth-order valence-corrected chi connectivity index (χ4v) is 3.96. The van der Waals surface area contributed by atoms with Crippen LogP contribution in [0.2, 0.25) is 0 Å². The van der Waals surface area contributed by atoms with E-state index < -0.39 is 0 Å². The number of aromatic nitrogens is 2. The minimum atomic E-state index is -0.0380. The van der Waals surface area contributed by atoms with Crippen molar-refractivity contribution >= 4 is 39.8 Å². The number of hydrogen-bond donors (Lipinski definition) is 1. The van der Waals surface area contributed by atoms with Crippen molar-refractivity contribution in [2.24, 2.45) is 0 Å². The van der Waals surface area contributed by atoms with Crippen molar-refractivity contribution in [3.05, 3.63) is 54.6 Å². The van der Waals surface area contributed by atoms with Crippen LogP contribution < -0.4 is 10.1 Å². The van der Waals surface area contributed by atoms with Gasteiger partial charge in [0.05, 0.1) is 18.2 Å². The molecule has 9 heteroatoms. The van der Waals surface area contributed by atoms with Gasteiger partial charge in [-0.1, -0.05) is 41.3 Å². The van der Waals surface area contributed by atoms with Crippen LogP contribution in [0.25, 0.3) is 0 Å². The van der Waals surface area contributed by atoms with E-state index in [1.165, 1.54) is 23.1 Å². The number of hydrogen-bond acceptors (Lipinski definition) is 8. The zero-order valence-electron chi connectivity index (χ0n) is 15.7. The molecule has 29 heavy (non-hydrogen) atoms. The summed E-state index contributed by atoms with van der Waals surface area (Å²) in [7, 11) is 1.69. The summed E-state index contributed by atoms with van der Waals surface area (Å²) < 4.78 is 6.48. The van der Waals surface area contributed by atoms with Crippen LogP contribution in [0.5, 0.6) is 11.5 Å². The number of nitrogens with zero attached hydrogens (tertiary/aromatic N) is 4. The molecular formula is C20H19N5O2S2. The predicted octanol–water partition coefficient (Wildman–Crippen LogP) is 4.54. The highest BCUT2D eigenvalue weighted by molar-refractivity contribution is 8.01. The van der Waals surface area contributed by atoms with Gasteiger partial charge in [0.15, 0.2) is 4.34 Å². The largest absolute Gasteiger partial charge is 0.457 e. The second-order valence-corrected chi connectivity index (χ2v) is 8.15. The molecule has 0 saturated heterocycles. The number of para-hydroxylation sites is 1. The zero-order chi connectivity index (χ0) is 20.5. The minimum absolute atomic E-state index is 0.0380. The third-order valence-electron chi connectivity index (χ3n) is 3.79. The lowest BCUT2D eigenvalue weighted by atomic mass is 10.3. The Balaban J connectivity index is 1.49. The molecule has 1 N–H and O–H groups in total. The lowest BCUT2D eigenvalue weighted by Gasteiger charge is -2.14. The van der Waals surface area contributed by atoms with Crippen molar-refractivity contribution in [3.8, 4) is 17.6 Å². The molecule has 0 unspecified atom stereocenters. The summed E-state index contributed by atoms with van der Waals surface area (Å²) >= 11 is 2.72. The SMILES string of the molecule is CN(CCC#N)C(=O)CSc1nnc(Nc2ccc(Oc3ccccc3)cc2)s1. The average molecular weight is 426 g/mol. The number of thioether (sulfide) groups is 1. The maximum atomic E-state index is 12.0. The number of rotatable bonds is 9. The normalized spacial score (nSPS) is 10.2. The molecule has 0 aliphatic heterocycles. The van der Waals surface area contributed by atoms with Crippen LogP contribution in [0.4, 0.5) is 10.8 Å². The molecule has 7 nitrogen and oxygen atoms in total. The van der Waals surface area contributed by atoms with Crippen LogP contribution >= 0.6 is 23.1 Å². The van der Waals surface area contributed by atoms with Crippen LogP contribution in [0.1, 0.15) is 6.42 Å². The van der Waals surface area contributed by atoms with Crippen LogP contribution in [-0.4, -0.2) is 40.3 Å². The van der Waals surface area contributed by atoms with E-state index in [4.69, 9.17) is 10.00 Å². The number of carbonyl (C=O) groups is 1. The molecule has 0 radical (unpaired) electrons. The first-order chi connectivity index (χ1) is 14.1. The molecule has 0 aliphatic carbocycles. The van der Waals surface area contributed by atoms with Gasteiger partial charge in [-0.25, -0.2) is 0 Å². The molecule has 2 aromatic carbocycles. The van der Waals surface area contributed by atoms with E-state index in [1.807, 2.05) is 60.7 Å². The Morgan fingerprint density at radius 2 is 1.90 bits per heavy atom. The Bertz CT molecular complexity index is 971. The van der Waals surface area contributed by atoms with E-state index in [-0.39, 0.29) is 11.7 Å². The van der Waals surface area contributed by atoms with Gasteiger partial charge < -0.3 is 15.0 Å². The molecule has 1 aromatic heterocycles. The van der Waals surface area contributed by atoms with Crippen molar-refractivity contribution in [1.82, 2.24) is 15.1 Å². The van der Waals surface area contributed by atoms with Crippen molar-refractivity contribution < 1.29 is 9.53 Å². The predicted molar refractivity (Wildman–Crippen MR) is 115 cm³/mol. The van der Waals surface area contributed by atoms with Crippen molar-refractivity contribution in [2.75, 3.05) is 24.7 Å². The van der Waals surface area contributed by atoms with E-state index in [0.29, 0.717) is 22.4 Å². The van der Waals surface area contributed by atoms with Crippen molar-refractivity contribution in [2.45, 2.75) is 10.8 Å². The molecule has 1 heterocycles. The van der Waals surface area contributed by atoms with Gasteiger partial charge in [-0.2, -0.15) is 5.26 Å². The molecule has 0 bridgehead atoms. The monoisotopic (exact) mass is 425 g/mol. The molecule has 3 aromatic rings. The van der Waals surface area contributed by atoms with Gasteiger partial charge in [-0.3, -0.25) is 4.79 Å². The van der Waals surface area contributed by atoms with Gasteiger partial charge in [-0.15, -0.1) is 10.2 Å². The number of ether oxygens (including phenoxy) is 1. The van der Waals surface area contributed by atoms with Gasteiger partial charge >= 0.3 is 0 Å². The Kier molecular flexibility index (Phi) is 7.44. The topological polar surface area (TPSA) is 91.1 Å². The van der Waals surface area contributed by atoms with Crippen molar-refractivity contribution in [3.63, 3.8) is 0 Å². The summed E-state index contributed by atoms with van der Waals surface area (Å²) in [5.41, 5.74) is 0.866. The summed E-state index contributed by atoms with van der Waals surface area (Å²) in [6, 6.07) is 19.2. The van der Waals surface area contributed by atoms with E-state index in [1.54, 1.807) is 11.9 Å². The smallest absolute Gasteiger partial charge is 0.232 e. The fourth-order valence-electron chi connectivity index (χ4n) is 2.25.